The molecule has 2 rings (SSSR count). The number of carbonyl (C=O) groups excluding carboxylic acids is 2. The normalized spacial score (nSPS) is 10.5. The van der Waals surface area contributed by atoms with Crippen LogP contribution in [-0.2, 0) is 9.53 Å². The van der Waals surface area contributed by atoms with Gasteiger partial charge in [-0.15, -0.1) is 0 Å². The summed E-state index contributed by atoms with van der Waals surface area (Å²) < 4.78 is 9.79. The summed E-state index contributed by atoms with van der Waals surface area (Å²) in [4.78, 5) is 37.4. The number of pyridine rings is 1. The number of ketones is 1. The number of aryl methyl sites for hydroxylation is 1. The first-order valence-electron chi connectivity index (χ1n) is 9.02. The van der Waals surface area contributed by atoms with Crippen LogP contribution in [0.15, 0.2) is 53.4 Å². The molecule has 29 heavy (non-hydrogen) atoms. The molecule has 0 bridgehead atoms. The lowest BCUT2D eigenvalue weighted by Crippen LogP contribution is -2.17. The van der Waals surface area contributed by atoms with Gasteiger partial charge in [-0.05, 0) is 36.8 Å². The number of nitrogens with one attached hydrogen (secondary N) is 1. The van der Waals surface area contributed by atoms with E-state index in [4.69, 9.17) is 4.74 Å². The second-order valence-electron chi connectivity index (χ2n) is 5.56. The van der Waals surface area contributed by atoms with E-state index in [0.29, 0.717) is 11.4 Å². The van der Waals surface area contributed by atoms with Crippen molar-refractivity contribution in [2.45, 2.75) is 20.8 Å². The lowest BCUT2D eigenvalue weighted by Gasteiger charge is -2.05. The minimum Gasteiger partial charge on any atom is -0.507 e. The van der Waals surface area contributed by atoms with Crippen LogP contribution >= 0.6 is 0 Å². The maximum absolute atomic E-state index is 12.1. The van der Waals surface area contributed by atoms with E-state index in [1.165, 1.54) is 25.3 Å². The molecule has 1 aromatic heterocycles. The molecule has 0 aliphatic heterocycles. The minimum atomic E-state index is -0.637. The molecule has 0 unspecified atom stereocenters. The predicted molar refractivity (Wildman–Crippen MR) is 111 cm³/mol. The van der Waals surface area contributed by atoms with Gasteiger partial charge >= 0.3 is 5.97 Å². The highest BCUT2D eigenvalue weighted by Gasteiger charge is 2.13. The number of aromatic nitrogens is 1. The quantitative estimate of drug-likeness (QED) is 0.320. The van der Waals surface area contributed by atoms with E-state index in [-0.39, 0.29) is 17.9 Å². The second kappa shape index (κ2) is 12.0. The number of aromatic amines is 1. The van der Waals surface area contributed by atoms with Crippen LogP contribution < -0.4 is 10.3 Å². The Morgan fingerprint density at radius 1 is 1.17 bits per heavy atom. The molecule has 7 heteroatoms. The van der Waals surface area contributed by atoms with Crippen LogP contribution in [0.4, 0.5) is 0 Å². The largest absolute Gasteiger partial charge is 0.507 e. The zero-order valence-electron chi connectivity index (χ0n) is 16.9. The van der Waals surface area contributed by atoms with E-state index in [0.717, 1.165) is 5.56 Å². The average Bonchev–Trinajstić information content (AvgIpc) is 2.70. The summed E-state index contributed by atoms with van der Waals surface area (Å²) >= 11 is 0. The minimum absolute atomic E-state index is 0.188. The number of aromatic hydroxyl groups is 1. The SMILES string of the molecule is CC.COC(=O)COc1cccc(/C=C/C=C/C(=O)c2c(O)cc(C)[nH]c2=O)c1. The smallest absolute Gasteiger partial charge is 0.343 e. The fraction of sp³-hybridized carbons (Fsp3) is 0.227. The molecule has 0 spiro atoms. The highest BCUT2D eigenvalue weighted by Crippen LogP contribution is 2.15. The van der Waals surface area contributed by atoms with E-state index in [9.17, 15) is 19.5 Å². The van der Waals surface area contributed by atoms with Gasteiger partial charge in [0.05, 0.1) is 7.11 Å². The first kappa shape index (κ1) is 23.4. The van der Waals surface area contributed by atoms with Crippen molar-refractivity contribution in [2.24, 2.45) is 0 Å². The molecule has 1 heterocycles. The zero-order valence-corrected chi connectivity index (χ0v) is 16.9. The van der Waals surface area contributed by atoms with Crippen molar-refractivity contribution in [1.82, 2.24) is 4.98 Å². The van der Waals surface area contributed by atoms with Crippen LogP contribution in [0.5, 0.6) is 11.5 Å². The molecule has 0 radical (unpaired) electrons. The van der Waals surface area contributed by atoms with Gasteiger partial charge in [0.15, 0.2) is 12.4 Å². The number of rotatable bonds is 7. The molecule has 2 aromatic rings. The highest BCUT2D eigenvalue weighted by molar-refractivity contribution is 6.06. The number of methoxy groups -OCH3 is 1. The predicted octanol–water partition coefficient (Wildman–Crippen LogP) is 3.42. The van der Waals surface area contributed by atoms with Crippen LogP contribution in [0, 0.1) is 6.92 Å². The van der Waals surface area contributed by atoms with Crippen molar-refractivity contribution in [3.8, 4) is 11.5 Å². The summed E-state index contributed by atoms with van der Waals surface area (Å²) in [5.74, 6) is -0.940. The van der Waals surface area contributed by atoms with E-state index in [1.54, 1.807) is 37.3 Å². The van der Waals surface area contributed by atoms with Crippen LogP contribution in [0.25, 0.3) is 6.08 Å². The lowest BCUT2D eigenvalue weighted by atomic mass is 10.1. The molecule has 0 aliphatic carbocycles. The third kappa shape index (κ3) is 7.50. The van der Waals surface area contributed by atoms with Crippen molar-refractivity contribution < 1.29 is 24.2 Å². The molecule has 0 saturated carbocycles. The molecule has 0 saturated heterocycles. The van der Waals surface area contributed by atoms with E-state index >= 15 is 0 Å². The summed E-state index contributed by atoms with van der Waals surface area (Å²) in [7, 11) is 1.28. The summed E-state index contributed by atoms with van der Waals surface area (Å²) in [6.07, 6.45) is 5.97. The van der Waals surface area contributed by atoms with Crippen molar-refractivity contribution in [1.29, 1.82) is 0 Å². The number of allylic oxidation sites excluding steroid dienone is 3. The van der Waals surface area contributed by atoms with Crippen molar-refractivity contribution >= 4 is 17.8 Å². The standard InChI is InChI=1S/C20H19NO6.C2H6/c1-13-10-17(23)19(20(25)21-13)16(22)9-4-3-6-14-7-5-8-15(11-14)27-12-18(24)26-2;1-2/h3-11H,12H2,1-2H3,(H2,21,23,25);1-2H3/b6-3+,9-4+;. The van der Waals surface area contributed by atoms with Gasteiger partial charge < -0.3 is 19.6 Å². The third-order valence-corrected chi connectivity index (χ3v) is 3.48. The first-order valence-corrected chi connectivity index (χ1v) is 9.02. The van der Waals surface area contributed by atoms with Crippen LogP contribution in [0.3, 0.4) is 0 Å². The number of esters is 1. The van der Waals surface area contributed by atoms with Gasteiger partial charge in [0.2, 0.25) is 0 Å². The number of hydrogen-bond donors (Lipinski definition) is 2. The molecule has 1 aromatic carbocycles. The maximum Gasteiger partial charge on any atom is 0.343 e. The molecule has 0 atom stereocenters. The van der Waals surface area contributed by atoms with Crippen molar-refractivity contribution in [3.05, 3.63) is 75.7 Å². The second-order valence-corrected chi connectivity index (χ2v) is 5.56. The number of ether oxygens (including phenoxy) is 2. The van der Waals surface area contributed by atoms with Gasteiger partial charge in [0, 0.05) is 5.69 Å². The van der Waals surface area contributed by atoms with Crippen LogP contribution in [-0.4, -0.2) is 35.6 Å². The Balaban J connectivity index is 0.00000204. The third-order valence-electron chi connectivity index (χ3n) is 3.48. The number of benzene rings is 1. The Morgan fingerprint density at radius 2 is 1.90 bits per heavy atom. The molecule has 7 nitrogen and oxygen atoms in total. The molecule has 0 amide bonds. The maximum atomic E-state index is 12.1. The summed E-state index contributed by atoms with van der Waals surface area (Å²) in [6.45, 7) is 5.42. The van der Waals surface area contributed by atoms with Gasteiger partial charge in [-0.1, -0.05) is 44.2 Å². The summed E-state index contributed by atoms with van der Waals surface area (Å²) in [5, 5.41) is 9.78. The van der Waals surface area contributed by atoms with E-state index in [1.807, 2.05) is 19.9 Å². The molecule has 0 aliphatic rings. The Bertz CT molecular complexity index is 956. The number of hydrogen-bond acceptors (Lipinski definition) is 6. The van der Waals surface area contributed by atoms with Crippen LogP contribution in [0.2, 0.25) is 0 Å². The lowest BCUT2D eigenvalue weighted by molar-refractivity contribution is -0.142. The average molecular weight is 399 g/mol. The number of carbonyl (C=O) groups is 2. The topological polar surface area (TPSA) is 106 Å². The Hall–Kier alpha value is -3.61. The summed E-state index contributed by atoms with van der Waals surface area (Å²) in [6, 6.07) is 8.30. The highest BCUT2D eigenvalue weighted by atomic mass is 16.6. The Morgan fingerprint density at radius 3 is 2.55 bits per heavy atom. The summed E-state index contributed by atoms with van der Waals surface area (Å²) in [5.41, 5.74) is 0.308. The number of H-pyrrole nitrogens is 1. The fourth-order valence-corrected chi connectivity index (χ4v) is 2.21. The first-order chi connectivity index (χ1) is 13.9. The Kier molecular flexibility index (Phi) is 9.67. The zero-order chi connectivity index (χ0) is 21.8. The van der Waals surface area contributed by atoms with Gasteiger partial charge in [-0.25, -0.2) is 4.79 Å². The van der Waals surface area contributed by atoms with Crippen molar-refractivity contribution in [2.75, 3.05) is 13.7 Å². The molecular weight excluding hydrogens is 374 g/mol. The molecule has 0 fully saturated rings. The Labute approximate surface area is 169 Å². The van der Waals surface area contributed by atoms with Gasteiger partial charge in [-0.3, -0.25) is 9.59 Å². The fourth-order valence-electron chi connectivity index (χ4n) is 2.21. The molecule has 2 N–H and O–H groups in total. The molecule has 154 valence electrons. The van der Waals surface area contributed by atoms with E-state index < -0.39 is 17.3 Å². The van der Waals surface area contributed by atoms with Gasteiger partial charge in [0.1, 0.15) is 17.1 Å². The molecular formula is C22H25NO6. The van der Waals surface area contributed by atoms with Gasteiger partial charge in [-0.2, -0.15) is 0 Å². The van der Waals surface area contributed by atoms with E-state index in [2.05, 4.69) is 9.72 Å². The van der Waals surface area contributed by atoms with Crippen molar-refractivity contribution in [3.63, 3.8) is 0 Å². The van der Waals surface area contributed by atoms with Crippen LogP contribution in [0.1, 0.15) is 35.5 Å². The van der Waals surface area contributed by atoms with Gasteiger partial charge in [0.25, 0.3) is 5.56 Å². The monoisotopic (exact) mass is 399 g/mol.